The first-order chi connectivity index (χ1) is 9.61. The van der Waals surface area contributed by atoms with Crippen LogP contribution in [0.25, 0.3) is 11.0 Å². The van der Waals surface area contributed by atoms with Crippen LogP contribution in [0.2, 0.25) is 0 Å². The van der Waals surface area contributed by atoms with E-state index in [0.717, 1.165) is 11.0 Å². The lowest BCUT2D eigenvalue weighted by molar-refractivity contribution is -0.146. The first kappa shape index (κ1) is 14.5. The summed E-state index contributed by atoms with van der Waals surface area (Å²) < 4.78 is 7.11. The number of nitrogens with zero attached hydrogens (tertiary/aromatic N) is 2. The van der Waals surface area contributed by atoms with Gasteiger partial charge in [-0.2, -0.15) is 0 Å². The van der Waals surface area contributed by atoms with Gasteiger partial charge in [-0.3, -0.25) is 4.79 Å². The van der Waals surface area contributed by atoms with E-state index in [0.29, 0.717) is 13.2 Å². The third-order valence-electron chi connectivity index (χ3n) is 3.01. The Hall–Kier alpha value is -1.88. The van der Waals surface area contributed by atoms with Crippen LogP contribution in [0.1, 0.15) is 20.8 Å². The molecule has 0 amide bonds. The van der Waals surface area contributed by atoms with Gasteiger partial charge in [0.1, 0.15) is 6.04 Å². The molecule has 0 spiro atoms. The SMILES string of the molecule is CCOC(=O)C(Cn1cnc2ccccc21)NC(C)C. The highest BCUT2D eigenvalue weighted by molar-refractivity contribution is 5.77. The lowest BCUT2D eigenvalue weighted by Crippen LogP contribution is -2.44. The smallest absolute Gasteiger partial charge is 0.324 e. The van der Waals surface area contributed by atoms with Crippen LogP contribution < -0.4 is 5.32 Å². The van der Waals surface area contributed by atoms with E-state index in [4.69, 9.17) is 4.74 Å². The predicted octanol–water partition coefficient (Wildman–Crippen LogP) is 1.97. The molecule has 0 saturated heterocycles. The van der Waals surface area contributed by atoms with Gasteiger partial charge in [-0.15, -0.1) is 0 Å². The van der Waals surface area contributed by atoms with Gasteiger partial charge in [0.05, 0.1) is 30.5 Å². The second kappa shape index (κ2) is 6.52. The van der Waals surface area contributed by atoms with Crippen molar-refractivity contribution in [2.75, 3.05) is 6.61 Å². The molecule has 5 heteroatoms. The Morgan fingerprint density at radius 1 is 1.40 bits per heavy atom. The van der Waals surface area contributed by atoms with Gasteiger partial charge in [0.15, 0.2) is 0 Å². The van der Waals surface area contributed by atoms with Gasteiger partial charge >= 0.3 is 5.97 Å². The van der Waals surface area contributed by atoms with Crippen LogP contribution in [0.5, 0.6) is 0 Å². The van der Waals surface area contributed by atoms with Gasteiger partial charge in [-0.25, -0.2) is 4.98 Å². The largest absolute Gasteiger partial charge is 0.465 e. The number of para-hydroxylation sites is 2. The Morgan fingerprint density at radius 2 is 2.15 bits per heavy atom. The average Bonchev–Trinajstić information content (AvgIpc) is 2.81. The lowest BCUT2D eigenvalue weighted by Gasteiger charge is -2.20. The van der Waals surface area contributed by atoms with E-state index in [1.54, 1.807) is 6.33 Å². The summed E-state index contributed by atoms with van der Waals surface area (Å²) in [4.78, 5) is 16.4. The number of aromatic nitrogens is 2. The molecule has 108 valence electrons. The Balaban J connectivity index is 2.20. The zero-order valence-electron chi connectivity index (χ0n) is 12.2. The van der Waals surface area contributed by atoms with E-state index in [1.807, 2.05) is 49.6 Å². The van der Waals surface area contributed by atoms with Crippen molar-refractivity contribution in [1.82, 2.24) is 14.9 Å². The fourth-order valence-electron chi connectivity index (χ4n) is 2.19. The summed E-state index contributed by atoms with van der Waals surface area (Å²) in [7, 11) is 0. The fourth-order valence-corrected chi connectivity index (χ4v) is 2.19. The molecule has 1 heterocycles. The van der Waals surface area contributed by atoms with Crippen LogP contribution in [-0.4, -0.2) is 34.2 Å². The maximum atomic E-state index is 12.0. The molecule has 5 nitrogen and oxygen atoms in total. The van der Waals surface area contributed by atoms with Gasteiger partial charge in [0.25, 0.3) is 0 Å². The molecule has 1 atom stereocenters. The first-order valence-corrected chi connectivity index (χ1v) is 6.94. The Bertz CT molecular complexity index is 577. The quantitative estimate of drug-likeness (QED) is 0.819. The van der Waals surface area contributed by atoms with E-state index >= 15 is 0 Å². The van der Waals surface area contributed by atoms with Crippen molar-refractivity contribution in [3.8, 4) is 0 Å². The van der Waals surface area contributed by atoms with Crippen molar-refractivity contribution in [2.45, 2.75) is 39.4 Å². The second-order valence-electron chi connectivity index (χ2n) is 5.01. The molecule has 1 unspecified atom stereocenters. The molecule has 0 radical (unpaired) electrons. The minimum Gasteiger partial charge on any atom is -0.465 e. The topological polar surface area (TPSA) is 56.2 Å². The van der Waals surface area contributed by atoms with Crippen molar-refractivity contribution in [3.63, 3.8) is 0 Å². The van der Waals surface area contributed by atoms with Gasteiger partial charge in [-0.1, -0.05) is 26.0 Å². The van der Waals surface area contributed by atoms with Crippen LogP contribution >= 0.6 is 0 Å². The summed E-state index contributed by atoms with van der Waals surface area (Å²) in [6.07, 6.45) is 1.76. The highest BCUT2D eigenvalue weighted by atomic mass is 16.5. The van der Waals surface area contributed by atoms with Crippen LogP contribution in [0.3, 0.4) is 0 Å². The molecule has 1 aromatic carbocycles. The molecule has 1 N–H and O–H groups in total. The summed E-state index contributed by atoms with van der Waals surface area (Å²) in [5, 5.41) is 3.24. The van der Waals surface area contributed by atoms with E-state index in [1.165, 1.54) is 0 Å². The number of fused-ring (bicyclic) bond motifs is 1. The number of esters is 1. The Morgan fingerprint density at radius 3 is 2.85 bits per heavy atom. The third kappa shape index (κ3) is 3.36. The van der Waals surface area contributed by atoms with E-state index in [9.17, 15) is 4.79 Å². The summed E-state index contributed by atoms with van der Waals surface area (Å²) in [6.45, 7) is 6.74. The Labute approximate surface area is 118 Å². The molecule has 2 aromatic rings. The number of carbonyl (C=O) groups is 1. The maximum absolute atomic E-state index is 12.0. The number of ether oxygens (including phenoxy) is 1. The molecule has 2 rings (SSSR count). The monoisotopic (exact) mass is 275 g/mol. The minimum absolute atomic E-state index is 0.208. The van der Waals surface area contributed by atoms with Crippen LogP contribution in [-0.2, 0) is 16.1 Å². The number of imidazole rings is 1. The molecular formula is C15H21N3O2. The summed E-state index contributed by atoms with van der Waals surface area (Å²) >= 11 is 0. The fraction of sp³-hybridized carbons (Fsp3) is 0.467. The van der Waals surface area contributed by atoms with Gasteiger partial charge in [0, 0.05) is 6.04 Å². The summed E-state index contributed by atoms with van der Waals surface area (Å²) in [5.74, 6) is -0.223. The average molecular weight is 275 g/mol. The number of benzene rings is 1. The molecule has 0 aliphatic carbocycles. The van der Waals surface area contributed by atoms with Crippen molar-refractivity contribution in [1.29, 1.82) is 0 Å². The predicted molar refractivity (Wildman–Crippen MR) is 78.4 cm³/mol. The number of nitrogens with one attached hydrogen (secondary N) is 1. The van der Waals surface area contributed by atoms with Gasteiger partial charge in [-0.05, 0) is 19.1 Å². The minimum atomic E-state index is -0.368. The maximum Gasteiger partial charge on any atom is 0.324 e. The summed E-state index contributed by atoms with van der Waals surface area (Å²) in [6, 6.07) is 7.72. The molecule has 0 saturated carbocycles. The third-order valence-corrected chi connectivity index (χ3v) is 3.01. The van der Waals surface area contributed by atoms with Crippen LogP contribution in [0, 0.1) is 0 Å². The number of rotatable bonds is 6. The van der Waals surface area contributed by atoms with E-state index in [-0.39, 0.29) is 18.1 Å². The molecule has 0 bridgehead atoms. The molecular weight excluding hydrogens is 254 g/mol. The van der Waals surface area contributed by atoms with E-state index in [2.05, 4.69) is 10.3 Å². The van der Waals surface area contributed by atoms with Crippen molar-refractivity contribution >= 4 is 17.0 Å². The standard InChI is InChI=1S/C15H21N3O2/c1-4-20-15(19)13(17-11(2)3)9-18-10-16-12-7-5-6-8-14(12)18/h5-8,10-11,13,17H,4,9H2,1-3H3. The first-order valence-electron chi connectivity index (χ1n) is 6.94. The second-order valence-corrected chi connectivity index (χ2v) is 5.01. The number of carbonyl (C=O) groups excluding carboxylic acids is 1. The van der Waals surface area contributed by atoms with Gasteiger partial charge in [0.2, 0.25) is 0 Å². The van der Waals surface area contributed by atoms with Crippen molar-refractivity contribution in [2.24, 2.45) is 0 Å². The highest BCUT2D eigenvalue weighted by Crippen LogP contribution is 2.12. The molecule has 0 aliphatic rings. The number of hydrogen-bond donors (Lipinski definition) is 1. The highest BCUT2D eigenvalue weighted by Gasteiger charge is 2.21. The molecule has 0 fully saturated rings. The summed E-state index contributed by atoms with van der Waals surface area (Å²) in [5.41, 5.74) is 1.95. The van der Waals surface area contributed by atoms with E-state index < -0.39 is 0 Å². The van der Waals surface area contributed by atoms with Crippen molar-refractivity contribution < 1.29 is 9.53 Å². The number of hydrogen-bond acceptors (Lipinski definition) is 4. The van der Waals surface area contributed by atoms with Crippen LogP contribution in [0.15, 0.2) is 30.6 Å². The lowest BCUT2D eigenvalue weighted by atomic mass is 10.2. The zero-order valence-corrected chi connectivity index (χ0v) is 12.2. The van der Waals surface area contributed by atoms with Crippen LogP contribution in [0.4, 0.5) is 0 Å². The molecule has 0 aliphatic heterocycles. The molecule has 20 heavy (non-hydrogen) atoms. The zero-order chi connectivity index (χ0) is 14.5. The normalized spacial score (nSPS) is 12.8. The molecule has 1 aromatic heterocycles. The Kier molecular flexibility index (Phi) is 4.74. The van der Waals surface area contributed by atoms with Crippen molar-refractivity contribution in [3.05, 3.63) is 30.6 Å². The van der Waals surface area contributed by atoms with Gasteiger partial charge < -0.3 is 14.6 Å².